The fourth-order valence-corrected chi connectivity index (χ4v) is 4.27. The molecule has 3 aromatic rings. The molecule has 5 N–H and O–H groups in total. The lowest BCUT2D eigenvalue weighted by Gasteiger charge is -2.32. The monoisotopic (exact) mass is 631 g/mol. The zero-order valence-corrected chi connectivity index (χ0v) is 24.5. The van der Waals surface area contributed by atoms with Crippen molar-refractivity contribution >= 4 is 47.4 Å². The zero-order chi connectivity index (χ0) is 32.6. The number of nitrogens with two attached hydrogens (primary N) is 1. The fraction of sp³-hybridized carbons (Fsp3) is 0.333. The van der Waals surface area contributed by atoms with Gasteiger partial charge in [0.1, 0.15) is 11.5 Å². The van der Waals surface area contributed by atoms with Crippen LogP contribution in [0.15, 0.2) is 48.5 Å². The first-order chi connectivity index (χ1) is 20.4. The smallest absolute Gasteiger partial charge is 0.399 e. The molecule has 4 rings (SSSR count). The molecular weight excluding hydrogens is 597 g/mol. The van der Waals surface area contributed by atoms with Crippen LogP contribution in [0.3, 0.4) is 0 Å². The Morgan fingerprint density at radius 3 is 1.98 bits per heavy atom. The van der Waals surface area contributed by atoms with Gasteiger partial charge in [-0.25, -0.2) is 9.37 Å². The molecule has 1 aliphatic rings. The molecule has 240 valence electrons. The van der Waals surface area contributed by atoms with Gasteiger partial charge in [-0.05, 0) is 76.5 Å². The maximum Gasteiger partial charge on any atom is 0.494 e. The number of benzene rings is 2. The maximum atomic E-state index is 13.9. The predicted octanol–water partition coefficient (Wildman–Crippen LogP) is 5.21. The molecule has 1 aliphatic heterocycles. The molecular formula is C30H34BF4N5O5. The Bertz CT molecular complexity index is 1600. The molecule has 0 unspecified atom stereocenters. The number of hydrogen-bond acceptors (Lipinski definition) is 7. The van der Waals surface area contributed by atoms with Crippen molar-refractivity contribution in [2.45, 2.75) is 59.4 Å². The number of primary amides is 1. The summed E-state index contributed by atoms with van der Waals surface area (Å²) in [5, 5.41) is 7.57. The lowest BCUT2D eigenvalue weighted by Crippen LogP contribution is -2.41. The highest BCUT2D eigenvalue weighted by atomic mass is 19.4. The van der Waals surface area contributed by atoms with Crippen LogP contribution in [-0.2, 0) is 15.5 Å². The van der Waals surface area contributed by atoms with Gasteiger partial charge < -0.3 is 31.0 Å². The first-order valence-electron chi connectivity index (χ1n) is 13.5. The SMILES string of the molecule is C.CCNc1c(C(=O)Nc2ccc(B3OC(C)(C)C(C)(C)O3)cc2)cc(C(F)(F)F)nc1C(=O)Nc1ccc(F)c(C(N)=O)c1. The van der Waals surface area contributed by atoms with Crippen molar-refractivity contribution in [2.24, 2.45) is 5.73 Å². The number of carbonyl (C=O) groups excluding carboxylic acids is 3. The highest BCUT2D eigenvalue weighted by Crippen LogP contribution is 2.37. The lowest BCUT2D eigenvalue weighted by molar-refractivity contribution is -0.141. The standard InChI is InChI=1S/C29H30BF4N5O5.CH4/c1-6-36-22-19(25(41)37-16-9-7-15(8-10-16)30-43-27(2,3)28(4,5)44-30)14-21(29(32,33)34)39-23(22)26(42)38-17-11-12-20(31)18(13-17)24(35)40;/h7-14,36H,6H2,1-5H3,(H2,35,40)(H,37,41)(H,38,42);1H4. The summed E-state index contributed by atoms with van der Waals surface area (Å²) in [6.07, 6.45) is -5.02. The van der Waals surface area contributed by atoms with Gasteiger partial charge >= 0.3 is 13.3 Å². The average molecular weight is 631 g/mol. The van der Waals surface area contributed by atoms with Gasteiger partial charge in [0.15, 0.2) is 5.69 Å². The predicted molar refractivity (Wildman–Crippen MR) is 163 cm³/mol. The summed E-state index contributed by atoms with van der Waals surface area (Å²) < 4.78 is 67.5. The number of rotatable bonds is 8. The molecule has 0 radical (unpaired) electrons. The van der Waals surface area contributed by atoms with E-state index in [1.54, 1.807) is 19.1 Å². The molecule has 0 atom stereocenters. The van der Waals surface area contributed by atoms with Gasteiger partial charge in [-0.15, -0.1) is 0 Å². The minimum Gasteiger partial charge on any atom is -0.399 e. The Labute approximate surface area is 258 Å². The third-order valence-corrected chi connectivity index (χ3v) is 7.31. The maximum absolute atomic E-state index is 13.9. The van der Waals surface area contributed by atoms with Crippen LogP contribution in [0.25, 0.3) is 0 Å². The minimum atomic E-state index is -5.02. The van der Waals surface area contributed by atoms with Crippen molar-refractivity contribution in [1.82, 2.24) is 4.98 Å². The molecule has 2 aromatic carbocycles. The van der Waals surface area contributed by atoms with E-state index in [0.717, 1.165) is 18.2 Å². The minimum absolute atomic E-state index is 0. The van der Waals surface area contributed by atoms with E-state index in [0.29, 0.717) is 11.5 Å². The molecule has 10 nitrogen and oxygen atoms in total. The summed E-state index contributed by atoms with van der Waals surface area (Å²) in [6, 6.07) is 9.78. The second-order valence-electron chi connectivity index (χ2n) is 11.0. The zero-order valence-electron chi connectivity index (χ0n) is 24.5. The third kappa shape index (κ3) is 7.43. The van der Waals surface area contributed by atoms with Gasteiger partial charge in [0.25, 0.3) is 17.7 Å². The van der Waals surface area contributed by atoms with Crippen LogP contribution in [0.4, 0.5) is 34.6 Å². The number of halogens is 4. The third-order valence-electron chi connectivity index (χ3n) is 7.31. The quantitative estimate of drug-likeness (QED) is 0.197. The normalized spacial score (nSPS) is 15.2. The summed E-state index contributed by atoms with van der Waals surface area (Å²) in [7, 11) is -0.666. The Morgan fingerprint density at radius 1 is 0.889 bits per heavy atom. The van der Waals surface area contributed by atoms with E-state index in [9.17, 15) is 31.9 Å². The number of hydrogen-bond donors (Lipinski definition) is 4. The largest absolute Gasteiger partial charge is 0.494 e. The molecule has 15 heteroatoms. The van der Waals surface area contributed by atoms with E-state index in [1.165, 1.54) is 12.1 Å². The highest BCUT2D eigenvalue weighted by Gasteiger charge is 2.51. The van der Waals surface area contributed by atoms with E-state index in [4.69, 9.17) is 15.0 Å². The molecule has 45 heavy (non-hydrogen) atoms. The molecule has 2 heterocycles. The number of alkyl halides is 3. The van der Waals surface area contributed by atoms with Crippen LogP contribution in [0.5, 0.6) is 0 Å². The molecule has 0 spiro atoms. The topological polar surface area (TPSA) is 145 Å². The second kappa shape index (κ2) is 12.9. The summed E-state index contributed by atoms with van der Waals surface area (Å²) in [6.45, 7) is 9.33. The van der Waals surface area contributed by atoms with Crippen molar-refractivity contribution in [3.8, 4) is 0 Å². The number of nitrogens with one attached hydrogen (secondary N) is 3. The van der Waals surface area contributed by atoms with Gasteiger partial charge in [-0.1, -0.05) is 19.6 Å². The van der Waals surface area contributed by atoms with Crippen LogP contribution in [0.1, 0.15) is 78.9 Å². The Hall–Kier alpha value is -4.50. The van der Waals surface area contributed by atoms with Gasteiger partial charge in [-0.2, -0.15) is 13.2 Å². The number of amides is 3. The molecule has 1 saturated heterocycles. The molecule has 0 aliphatic carbocycles. The van der Waals surface area contributed by atoms with Crippen LogP contribution >= 0.6 is 0 Å². The molecule has 1 fully saturated rings. The van der Waals surface area contributed by atoms with Crippen molar-refractivity contribution in [1.29, 1.82) is 0 Å². The van der Waals surface area contributed by atoms with E-state index < -0.39 is 70.6 Å². The first-order valence-corrected chi connectivity index (χ1v) is 13.5. The first kappa shape index (κ1) is 35.0. The van der Waals surface area contributed by atoms with Crippen LogP contribution in [0, 0.1) is 5.82 Å². The van der Waals surface area contributed by atoms with Crippen LogP contribution in [0.2, 0.25) is 0 Å². The average Bonchev–Trinajstić information content (AvgIpc) is 3.15. The Kier molecular flexibility index (Phi) is 9.99. The van der Waals surface area contributed by atoms with E-state index in [-0.39, 0.29) is 31.0 Å². The Balaban J connectivity index is 0.00000552. The van der Waals surface area contributed by atoms with Crippen molar-refractivity contribution in [2.75, 3.05) is 22.5 Å². The van der Waals surface area contributed by atoms with Crippen molar-refractivity contribution < 1.29 is 41.3 Å². The molecule has 1 aromatic heterocycles. The van der Waals surface area contributed by atoms with Crippen molar-refractivity contribution in [3.05, 3.63) is 76.9 Å². The Morgan fingerprint density at radius 2 is 1.44 bits per heavy atom. The number of nitrogens with zero attached hydrogens (tertiary/aromatic N) is 1. The summed E-state index contributed by atoms with van der Waals surface area (Å²) in [5.41, 5.74) is 1.18. The van der Waals surface area contributed by atoms with E-state index >= 15 is 0 Å². The van der Waals surface area contributed by atoms with Crippen molar-refractivity contribution in [3.63, 3.8) is 0 Å². The van der Waals surface area contributed by atoms with Gasteiger partial charge in [0.2, 0.25) is 0 Å². The van der Waals surface area contributed by atoms with Gasteiger partial charge in [0, 0.05) is 17.9 Å². The second-order valence-corrected chi connectivity index (χ2v) is 11.0. The summed E-state index contributed by atoms with van der Waals surface area (Å²) in [5.74, 6) is -4.19. The van der Waals surface area contributed by atoms with E-state index in [1.807, 2.05) is 27.7 Å². The highest BCUT2D eigenvalue weighted by molar-refractivity contribution is 6.62. The van der Waals surface area contributed by atoms with Gasteiger partial charge in [0.05, 0.1) is 28.0 Å². The van der Waals surface area contributed by atoms with Crippen LogP contribution < -0.4 is 27.1 Å². The van der Waals surface area contributed by atoms with E-state index in [2.05, 4.69) is 20.9 Å². The fourth-order valence-electron chi connectivity index (χ4n) is 4.27. The number of aromatic nitrogens is 1. The molecule has 0 saturated carbocycles. The number of carbonyl (C=O) groups is 3. The van der Waals surface area contributed by atoms with Gasteiger partial charge in [-0.3, -0.25) is 14.4 Å². The molecule has 3 amide bonds. The lowest BCUT2D eigenvalue weighted by atomic mass is 9.79. The summed E-state index contributed by atoms with van der Waals surface area (Å²) >= 11 is 0. The molecule has 0 bridgehead atoms. The number of anilines is 3. The number of pyridine rings is 1. The summed E-state index contributed by atoms with van der Waals surface area (Å²) in [4.78, 5) is 41.6. The van der Waals surface area contributed by atoms with Crippen LogP contribution in [-0.4, -0.2) is 47.6 Å².